The van der Waals surface area contributed by atoms with Crippen LogP contribution in [0.1, 0.15) is 29.8 Å². The fraction of sp³-hybridized carbons (Fsp3) is 0.400. The molecule has 1 unspecified atom stereocenters. The number of nitrogens with zero attached hydrogens (tertiary/aromatic N) is 2. The monoisotopic (exact) mass is 259 g/mol. The summed E-state index contributed by atoms with van der Waals surface area (Å²) in [5, 5.41) is 7.82. The molecule has 19 heavy (non-hydrogen) atoms. The topological polar surface area (TPSA) is 39.1 Å². The summed E-state index contributed by atoms with van der Waals surface area (Å²) in [6.45, 7) is 4.95. The van der Waals surface area contributed by atoms with Crippen LogP contribution in [0.25, 0.3) is 0 Å². The van der Waals surface area contributed by atoms with Crippen LogP contribution in [0, 0.1) is 6.92 Å². The van der Waals surface area contributed by atoms with Gasteiger partial charge in [-0.1, -0.05) is 12.1 Å². The minimum absolute atomic E-state index is 0.220. The second-order valence-electron chi connectivity index (χ2n) is 4.83. The number of aromatic nitrogens is 2. The van der Waals surface area contributed by atoms with Crippen molar-refractivity contribution in [2.24, 2.45) is 7.05 Å². The Kier molecular flexibility index (Phi) is 4.22. The highest BCUT2D eigenvalue weighted by Gasteiger charge is 2.11. The van der Waals surface area contributed by atoms with Crippen molar-refractivity contribution < 1.29 is 4.74 Å². The number of hydrogen-bond acceptors (Lipinski definition) is 3. The predicted molar refractivity (Wildman–Crippen MR) is 76.2 cm³/mol. The molecule has 0 amide bonds. The maximum absolute atomic E-state index is 5.44. The first kappa shape index (κ1) is 13.6. The molecule has 4 heteroatoms. The van der Waals surface area contributed by atoms with E-state index in [2.05, 4.69) is 42.5 Å². The highest BCUT2D eigenvalue weighted by Crippen LogP contribution is 2.26. The van der Waals surface area contributed by atoms with Crippen molar-refractivity contribution >= 4 is 0 Å². The third-order valence-electron chi connectivity index (χ3n) is 3.21. The van der Waals surface area contributed by atoms with Gasteiger partial charge in [0.1, 0.15) is 5.75 Å². The minimum Gasteiger partial charge on any atom is -0.496 e. The Labute approximate surface area is 114 Å². The second-order valence-corrected chi connectivity index (χ2v) is 4.83. The molecule has 1 aromatic heterocycles. The summed E-state index contributed by atoms with van der Waals surface area (Å²) in [7, 11) is 3.64. The quantitative estimate of drug-likeness (QED) is 0.897. The van der Waals surface area contributed by atoms with Crippen LogP contribution in [0.4, 0.5) is 0 Å². The molecular weight excluding hydrogens is 238 g/mol. The van der Waals surface area contributed by atoms with Gasteiger partial charge >= 0.3 is 0 Å². The van der Waals surface area contributed by atoms with E-state index in [1.165, 1.54) is 11.1 Å². The van der Waals surface area contributed by atoms with Gasteiger partial charge in [-0.05, 0) is 31.5 Å². The number of methoxy groups -OCH3 is 1. The van der Waals surface area contributed by atoms with Gasteiger partial charge in [-0.15, -0.1) is 0 Å². The Bertz CT molecular complexity index is 548. The van der Waals surface area contributed by atoms with Gasteiger partial charge in [-0.3, -0.25) is 4.68 Å². The van der Waals surface area contributed by atoms with Crippen LogP contribution in [0.3, 0.4) is 0 Å². The normalized spacial score (nSPS) is 12.4. The lowest BCUT2D eigenvalue weighted by Crippen LogP contribution is -2.19. The Morgan fingerprint density at radius 1 is 1.37 bits per heavy atom. The molecule has 0 saturated carbocycles. The number of ether oxygens (including phenoxy) is 1. The van der Waals surface area contributed by atoms with Crippen LogP contribution < -0.4 is 10.1 Å². The van der Waals surface area contributed by atoms with Crippen molar-refractivity contribution in [1.82, 2.24) is 15.1 Å². The number of aryl methyl sites for hydroxylation is 2. The zero-order chi connectivity index (χ0) is 13.8. The van der Waals surface area contributed by atoms with E-state index in [1.807, 2.05) is 24.0 Å². The molecule has 2 aromatic rings. The van der Waals surface area contributed by atoms with Gasteiger partial charge in [-0.25, -0.2) is 0 Å². The summed E-state index contributed by atoms with van der Waals surface area (Å²) < 4.78 is 7.26. The van der Waals surface area contributed by atoms with E-state index in [9.17, 15) is 0 Å². The first-order valence-corrected chi connectivity index (χ1v) is 6.46. The molecule has 1 N–H and O–H groups in total. The Balaban J connectivity index is 2.05. The van der Waals surface area contributed by atoms with Gasteiger partial charge in [0.2, 0.25) is 0 Å². The SMILES string of the molecule is COc1cc(C)ccc1C(C)NCc1ccn(C)n1. The van der Waals surface area contributed by atoms with Crippen molar-refractivity contribution in [2.45, 2.75) is 26.4 Å². The molecule has 1 aromatic carbocycles. The van der Waals surface area contributed by atoms with E-state index in [0.29, 0.717) is 0 Å². The summed E-state index contributed by atoms with van der Waals surface area (Å²) in [4.78, 5) is 0. The lowest BCUT2D eigenvalue weighted by Gasteiger charge is -2.17. The average Bonchev–Trinajstić information content (AvgIpc) is 2.81. The molecule has 1 atom stereocenters. The maximum Gasteiger partial charge on any atom is 0.123 e. The molecule has 0 fully saturated rings. The fourth-order valence-corrected chi connectivity index (χ4v) is 2.10. The van der Waals surface area contributed by atoms with E-state index in [0.717, 1.165) is 18.0 Å². The smallest absolute Gasteiger partial charge is 0.123 e. The number of benzene rings is 1. The summed E-state index contributed by atoms with van der Waals surface area (Å²) >= 11 is 0. The average molecular weight is 259 g/mol. The zero-order valence-electron chi connectivity index (χ0n) is 12.0. The molecule has 0 spiro atoms. The molecule has 2 rings (SSSR count). The van der Waals surface area contributed by atoms with Crippen LogP contribution in [0.2, 0.25) is 0 Å². The third-order valence-corrected chi connectivity index (χ3v) is 3.21. The van der Waals surface area contributed by atoms with Crippen LogP contribution in [0.5, 0.6) is 5.75 Å². The first-order valence-electron chi connectivity index (χ1n) is 6.46. The Hall–Kier alpha value is -1.81. The van der Waals surface area contributed by atoms with Crippen molar-refractivity contribution in [1.29, 1.82) is 0 Å². The van der Waals surface area contributed by atoms with E-state index in [-0.39, 0.29) is 6.04 Å². The molecule has 0 aliphatic heterocycles. The highest BCUT2D eigenvalue weighted by molar-refractivity contribution is 5.39. The largest absolute Gasteiger partial charge is 0.496 e. The second kappa shape index (κ2) is 5.89. The first-order chi connectivity index (χ1) is 9.10. The number of rotatable bonds is 5. The maximum atomic E-state index is 5.44. The van der Waals surface area contributed by atoms with Gasteiger partial charge < -0.3 is 10.1 Å². The molecule has 0 radical (unpaired) electrons. The highest BCUT2D eigenvalue weighted by atomic mass is 16.5. The van der Waals surface area contributed by atoms with E-state index >= 15 is 0 Å². The summed E-state index contributed by atoms with van der Waals surface area (Å²) in [5.74, 6) is 0.932. The molecule has 102 valence electrons. The van der Waals surface area contributed by atoms with Crippen molar-refractivity contribution in [3.8, 4) is 5.75 Å². The minimum atomic E-state index is 0.220. The standard InChI is InChI=1S/C15H21N3O/c1-11-5-6-14(15(9-11)19-4)12(2)16-10-13-7-8-18(3)17-13/h5-9,12,16H,10H2,1-4H3. The number of hydrogen-bond donors (Lipinski definition) is 1. The lowest BCUT2D eigenvalue weighted by atomic mass is 10.0. The van der Waals surface area contributed by atoms with Gasteiger partial charge in [0.05, 0.1) is 12.8 Å². The number of nitrogens with one attached hydrogen (secondary N) is 1. The van der Waals surface area contributed by atoms with Gasteiger partial charge in [0.25, 0.3) is 0 Å². The molecule has 1 heterocycles. The van der Waals surface area contributed by atoms with Gasteiger partial charge in [-0.2, -0.15) is 5.10 Å². The fourth-order valence-electron chi connectivity index (χ4n) is 2.10. The zero-order valence-corrected chi connectivity index (χ0v) is 12.0. The van der Waals surface area contributed by atoms with E-state index < -0.39 is 0 Å². The summed E-state index contributed by atoms with van der Waals surface area (Å²) in [6.07, 6.45) is 1.95. The van der Waals surface area contributed by atoms with Crippen molar-refractivity contribution in [3.05, 3.63) is 47.3 Å². The third kappa shape index (κ3) is 3.35. The van der Waals surface area contributed by atoms with Crippen LogP contribution in [-0.4, -0.2) is 16.9 Å². The van der Waals surface area contributed by atoms with Gasteiger partial charge in [0, 0.05) is 31.4 Å². The van der Waals surface area contributed by atoms with Crippen LogP contribution in [-0.2, 0) is 13.6 Å². The molecule has 0 aliphatic rings. The molecule has 4 nitrogen and oxygen atoms in total. The summed E-state index contributed by atoms with van der Waals surface area (Å²) in [5.41, 5.74) is 3.42. The predicted octanol–water partition coefficient (Wildman–Crippen LogP) is 2.59. The van der Waals surface area contributed by atoms with Gasteiger partial charge in [0.15, 0.2) is 0 Å². The van der Waals surface area contributed by atoms with Crippen molar-refractivity contribution in [2.75, 3.05) is 7.11 Å². The molecular formula is C15H21N3O. The Morgan fingerprint density at radius 3 is 2.79 bits per heavy atom. The molecule has 0 aliphatic carbocycles. The van der Waals surface area contributed by atoms with E-state index in [1.54, 1.807) is 7.11 Å². The van der Waals surface area contributed by atoms with Crippen molar-refractivity contribution in [3.63, 3.8) is 0 Å². The molecule has 0 saturated heterocycles. The summed E-state index contributed by atoms with van der Waals surface area (Å²) in [6, 6.07) is 8.53. The van der Waals surface area contributed by atoms with Crippen LogP contribution >= 0.6 is 0 Å². The van der Waals surface area contributed by atoms with Crippen LogP contribution in [0.15, 0.2) is 30.5 Å². The lowest BCUT2D eigenvalue weighted by molar-refractivity contribution is 0.401. The molecule has 0 bridgehead atoms. The Morgan fingerprint density at radius 2 is 2.16 bits per heavy atom. The van der Waals surface area contributed by atoms with E-state index in [4.69, 9.17) is 4.74 Å².